The first-order valence-corrected chi connectivity index (χ1v) is 21.6. The van der Waals surface area contributed by atoms with E-state index in [4.69, 9.17) is 4.42 Å². The molecule has 1 aliphatic carbocycles. The molecular weight excluding hydrogens is 738 g/mol. The second-order valence-electron chi connectivity index (χ2n) is 15.3. The van der Waals surface area contributed by atoms with E-state index in [2.05, 4.69) is 214 Å². The lowest BCUT2D eigenvalue weighted by Gasteiger charge is -2.33. The fourth-order valence-electron chi connectivity index (χ4n) is 9.18. The average Bonchev–Trinajstić information content (AvgIpc) is 3.97. The molecule has 0 spiro atoms. The summed E-state index contributed by atoms with van der Waals surface area (Å²) in [4.78, 5) is 0. The second-order valence-corrected chi connectivity index (χ2v) is 17.2. The minimum absolute atomic E-state index is 0.893. The Bertz CT molecular complexity index is 3290. The number of hydrogen-bond acceptors (Lipinski definition) is 3. The van der Waals surface area contributed by atoms with Crippen molar-refractivity contribution in [3.8, 4) is 16.8 Å². The van der Waals surface area contributed by atoms with Crippen molar-refractivity contribution in [2.75, 3.05) is 9.34 Å². The van der Waals surface area contributed by atoms with Crippen molar-refractivity contribution in [1.29, 1.82) is 0 Å². The van der Waals surface area contributed by atoms with Crippen molar-refractivity contribution in [3.05, 3.63) is 212 Å². The lowest BCUT2D eigenvalue weighted by molar-refractivity contribution is 0.669. The molecule has 8 aromatic carbocycles. The standard InChI is InChI=1S/C54H38N3OP/c1-5-16-37(17-6-1)38-28-31-47-45(34-38)46-35-39(29-32-48(46)55(47)41-18-7-2-8-19-41)40-30-33-49-51(36-40)56(42-20-9-3-10-21-42)59(43-22-11-4-12-23-43)57(49)50-25-15-27-53-54(50)44-24-13-14-26-52(44)58-53/h2-5,7-36H,1,6H2. The molecule has 10 aromatic rings. The molecule has 0 amide bonds. The van der Waals surface area contributed by atoms with Gasteiger partial charge in [0.25, 0.3) is 0 Å². The molecule has 3 heterocycles. The Morgan fingerprint density at radius 1 is 0.441 bits per heavy atom. The number of rotatable bonds is 6. The molecule has 2 aromatic heterocycles. The molecule has 12 rings (SSSR count). The number of aromatic nitrogens is 1. The Labute approximate surface area is 344 Å². The van der Waals surface area contributed by atoms with Crippen LogP contribution in [0.4, 0.5) is 22.7 Å². The van der Waals surface area contributed by atoms with Crippen LogP contribution in [0.15, 0.2) is 211 Å². The highest BCUT2D eigenvalue weighted by Gasteiger charge is 2.41. The normalized spacial score (nSPS) is 15.1. The molecule has 0 saturated carbocycles. The van der Waals surface area contributed by atoms with Crippen LogP contribution < -0.4 is 14.6 Å². The monoisotopic (exact) mass is 775 g/mol. The van der Waals surface area contributed by atoms with Gasteiger partial charge >= 0.3 is 0 Å². The van der Waals surface area contributed by atoms with Gasteiger partial charge in [0.15, 0.2) is 0 Å². The summed E-state index contributed by atoms with van der Waals surface area (Å²) in [6, 6.07) is 68.6. The van der Waals surface area contributed by atoms with Crippen LogP contribution in [0.1, 0.15) is 18.4 Å². The average molecular weight is 776 g/mol. The predicted octanol–water partition coefficient (Wildman–Crippen LogP) is 15.0. The van der Waals surface area contributed by atoms with E-state index in [1.807, 2.05) is 6.07 Å². The molecule has 5 heteroatoms. The van der Waals surface area contributed by atoms with E-state index >= 15 is 0 Å². The summed E-state index contributed by atoms with van der Waals surface area (Å²) in [5.74, 6) is 0. The van der Waals surface area contributed by atoms with Crippen molar-refractivity contribution in [3.63, 3.8) is 0 Å². The molecule has 1 unspecified atom stereocenters. The number of para-hydroxylation sites is 3. The highest BCUT2D eigenvalue weighted by atomic mass is 31.1. The van der Waals surface area contributed by atoms with Gasteiger partial charge in [0.2, 0.25) is 0 Å². The Balaban J connectivity index is 1.08. The third-order valence-corrected chi connectivity index (χ3v) is 14.2. The number of benzene rings is 8. The highest BCUT2D eigenvalue weighted by Crippen LogP contribution is 2.66. The summed E-state index contributed by atoms with van der Waals surface area (Å²) in [7, 11) is -1.11. The van der Waals surface area contributed by atoms with Crippen LogP contribution in [0.25, 0.3) is 66.1 Å². The van der Waals surface area contributed by atoms with E-state index in [1.165, 1.54) is 60.7 Å². The van der Waals surface area contributed by atoms with Crippen molar-refractivity contribution in [1.82, 2.24) is 4.57 Å². The van der Waals surface area contributed by atoms with Crippen LogP contribution in [-0.4, -0.2) is 4.57 Å². The van der Waals surface area contributed by atoms with Gasteiger partial charge in [-0.05, 0) is 114 Å². The number of nitrogens with zero attached hydrogens (tertiary/aromatic N) is 3. The zero-order valence-electron chi connectivity index (χ0n) is 32.2. The van der Waals surface area contributed by atoms with Gasteiger partial charge in [0.05, 0.1) is 33.5 Å². The van der Waals surface area contributed by atoms with E-state index in [0.717, 1.165) is 51.8 Å². The van der Waals surface area contributed by atoms with Crippen LogP contribution in [0.2, 0.25) is 0 Å². The van der Waals surface area contributed by atoms with Gasteiger partial charge in [-0.2, -0.15) is 0 Å². The molecule has 0 radical (unpaired) electrons. The van der Waals surface area contributed by atoms with Gasteiger partial charge in [-0.15, -0.1) is 0 Å². The summed E-state index contributed by atoms with van der Waals surface area (Å²) in [5, 5.41) is 6.03. The van der Waals surface area contributed by atoms with Crippen LogP contribution in [0.5, 0.6) is 0 Å². The molecule has 280 valence electrons. The molecule has 0 saturated heterocycles. The first-order chi connectivity index (χ1) is 29.3. The zero-order chi connectivity index (χ0) is 38.9. The molecule has 4 nitrogen and oxygen atoms in total. The minimum Gasteiger partial charge on any atom is -0.456 e. The largest absolute Gasteiger partial charge is 0.456 e. The molecule has 2 aliphatic rings. The fourth-order valence-corrected chi connectivity index (χ4v) is 11.7. The lowest BCUT2D eigenvalue weighted by atomic mass is 9.97. The van der Waals surface area contributed by atoms with Crippen molar-refractivity contribution in [2.24, 2.45) is 0 Å². The number of hydrogen-bond donors (Lipinski definition) is 0. The fraction of sp³-hybridized carbons (Fsp3) is 0.0370. The lowest BCUT2D eigenvalue weighted by Crippen LogP contribution is -2.22. The zero-order valence-corrected chi connectivity index (χ0v) is 33.1. The maximum Gasteiger partial charge on any atom is 0.138 e. The van der Waals surface area contributed by atoms with E-state index < -0.39 is 8.22 Å². The van der Waals surface area contributed by atoms with Crippen molar-refractivity contribution >= 4 is 85.6 Å². The van der Waals surface area contributed by atoms with Gasteiger partial charge in [0.1, 0.15) is 19.4 Å². The van der Waals surface area contributed by atoms with Crippen LogP contribution in [0.3, 0.4) is 0 Å². The van der Waals surface area contributed by atoms with Crippen LogP contribution in [-0.2, 0) is 0 Å². The molecule has 1 atom stereocenters. The second kappa shape index (κ2) is 13.8. The Morgan fingerprint density at radius 2 is 1.08 bits per heavy atom. The first kappa shape index (κ1) is 34.0. The van der Waals surface area contributed by atoms with Crippen LogP contribution in [0, 0.1) is 0 Å². The smallest absolute Gasteiger partial charge is 0.138 e. The topological polar surface area (TPSA) is 24.6 Å². The predicted molar refractivity (Wildman–Crippen MR) is 250 cm³/mol. The van der Waals surface area contributed by atoms with Gasteiger partial charge in [-0.3, -0.25) is 9.34 Å². The SMILES string of the molecule is C1=CC(c2ccc3c(c2)c2cc(-c4ccc5c(c4)N(c4ccccc4)P(c4ccccc4)N5c4cccc5oc6ccccc6c45)ccc2n3-c2ccccc2)=CCC1. The summed E-state index contributed by atoms with van der Waals surface area (Å²) in [6.07, 6.45) is 9.12. The summed E-state index contributed by atoms with van der Waals surface area (Å²) in [5.41, 5.74) is 14.9. The first-order valence-electron chi connectivity index (χ1n) is 20.3. The molecule has 1 aliphatic heterocycles. The third kappa shape index (κ3) is 5.48. The molecule has 0 bridgehead atoms. The number of anilines is 4. The van der Waals surface area contributed by atoms with Crippen LogP contribution >= 0.6 is 8.22 Å². The Kier molecular flexibility index (Phi) is 7.92. The summed E-state index contributed by atoms with van der Waals surface area (Å²) >= 11 is 0. The molecule has 0 fully saturated rings. The maximum atomic E-state index is 6.47. The molecular formula is C54H38N3OP. The molecule has 59 heavy (non-hydrogen) atoms. The number of allylic oxidation sites excluding steroid dienone is 4. The molecule has 0 N–H and O–H groups in total. The van der Waals surface area contributed by atoms with E-state index in [9.17, 15) is 0 Å². The van der Waals surface area contributed by atoms with Gasteiger partial charge in [-0.1, -0.05) is 127 Å². The van der Waals surface area contributed by atoms with Gasteiger partial charge in [0, 0.05) is 32.8 Å². The summed E-state index contributed by atoms with van der Waals surface area (Å²) < 4.78 is 14.0. The minimum atomic E-state index is -1.11. The summed E-state index contributed by atoms with van der Waals surface area (Å²) in [6.45, 7) is 0. The Hall–Kier alpha value is -7.13. The van der Waals surface area contributed by atoms with E-state index in [-0.39, 0.29) is 0 Å². The number of fused-ring (bicyclic) bond motifs is 7. The number of furan rings is 1. The highest BCUT2D eigenvalue weighted by molar-refractivity contribution is 7.70. The van der Waals surface area contributed by atoms with Gasteiger partial charge < -0.3 is 8.98 Å². The van der Waals surface area contributed by atoms with Crippen molar-refractivity contribution in [2.45, 2.75) is 12.8 Å². The van der Waals surface area contributed by atoms with E-state index in [1.54, 1.807) is 0 Å². The van der Waals surface area contributed by atoms with Crippen molar-refractivity contribution < 1.29 is 4.42 Å². The third-order valence-electron chi connectivity index (χ3n) is 11.8. The van der Waals surface area contributed by atoms with E-state index in [0.29, 0.717) is 0 Å². The Morgan fingerprint density at radius 3 is 1.85 bits per heavy atom. The maximum absolute atomic E-state index is 6.47. The van der Waals surface area contributed by atoms with Gasteiger partial charge in [-0.25, -0.2) is 0 Å². The quantitative estimate of drug-likeness (QED) is 0.157.